The molecule has 0 fully saturated rings. The molecule has 0 atom stereocenters. The van der Waals surface area contributed by atoms with Crippen LogP contribution in [0.3, 0.4) is 0 Å². The first-order valence-corrected chi connectivity index (χ1v) is 5.38. The van der Waals surface area contributed by atoms with Crippen molar-refractivity contribution >= 4 is 0 Å². The summed E-state index contributed by atoms with van der Waals surface area (Å²) in [5.41, 5.74) is 3.03. The van der Waals surface area contributed by atoms with Crippen molar-refractivity contribution in [3.63, 3.8) is 0 Å². The van der Waals surface area contributed by atoms with E-state index in [4.69, 9.17) is 9.47 Å². The van der Waals surface area contributed by atoms with Crippen LogP contribution in [-0.2, 0) is 7.05 Å². The average molecular weight is 232 g/mol. The number of ether oxygens (including phenoxy) is 2. The third kappa shape index (κ3) is 2.11. The molecule has 0 saturated heterocycles. The zero-order chi connectivity index (χ0) is 12.4. The van der Waals surface area contributed by atoms with Crippen molar-refractivity contribution in [2.24, 2.45) is 7.05 Å². The largest absolute Gasteiger partial charge is 0.497 e. The molecule has 17 heavy (non-hydrogen) atoms. The Morgan fingerprint density at radius 3 is 2.41 bits per heavy atom. The van der Waals surface area contributed by atoms with Crippen LogP contribution in [0.25, 0.3) is 11.3 Å². The summed E-state index contributed by atoms with van der Waals surface area (Å²) in [7, 11) is 5.22. The molecule has 0 N–H and O–H groups in total. The van der Waals surface area contributed by atoms with Crippen LogP contribution in [0.5, 0.6) is 11.5 Å². The van der Waals surface area contributed by atoms with Crippen molar-refractivity contribution in [1.29, 1.82) is 0 Å². The molecule has 2 rings (SSSR count). The van der Waals surface area contributed by atoms with Gasteiger partial charge in [-0.1, -0.05) is 0 Å². The van der Waals surface area contributed by atoms with E-state index in [9.17, 15) is 0 Å². The lowest BCUT2D eigenvalue weighted by molar-refractivity contribution is 0.395. The van der Waals surface area contributed by atoms with E-state index in [0.29, 0.717) is 0 Å². The number of methoxy groups -OCH3 is 2. The van der Waals surface area contributed by atoms with E-state index >= 15 is 0 Å². The van der Waals surface area contributed by atoms with Gasteiger partial charge in [0.1, 0.15) is 11.5 Å². The predicted molar refractivity (Wildman–Crippen MR) is 66.5 cm³/mol. The van der Waals surface area contributed by atoms with Crippen molar-refractivity contribution < 1.29 is 9.47 Å². The second kappa shape index (κ2) is 4.49. The number of aromatic nitrogens is 2. The third-order valence-corrected chi connectivity index (χ3v) is 2.69. The second-order valence-electron chi connectivity index (χ2n) is 3.86. The van der Waals surface area contributed by atoms with Gasteiger partial charge in [-0.2, -0.15) is 5.10 Å². The van der Waals surface area contributed by atoms with Crippen LogP contribution in [0.1, 0.15) is 5.69 Å². The maximum atomic E-state index is 5.39. The summed E-state index contributed by atoms with van der Waals surface area (Å²) in [5, 5.41) is 4.34. The first-order chi connectivity index (χ1) is 8.15. The van der Waals surface area contributed by atoms with Gasteiger partial charge in [0.15, 0.2) is 0 Å². The topological polar surface area (TPSA) is 36.3 Å². The van der Waals surface area contributed by atoms with Gasteiger partial charge >= 0.3 is 0 Å². The van der Waals surface area contributed by atoms with Crippen LogP contribution in [0.15, 0.2) is 24.3 Å². The summed E-state index contributed by atoms with van der Waals surface area (Å²) in [6, 6.07) is 7.80. The van der Waals surface area contributed by atoms with Crippen molar-refractivity contribution in [3.05, 3.63) is 30.0 Å². The SMILES string of the molecule is COc1ccc(-c2cc(C)nn2C)c(OC)c1. The molecule has 0 spiro atoms. The third-order valence-electron chi connectivity index (χ3n) is 2.69. The Balaban J connectivity index is 2.55. The van der Waals surface area contributed by atoms with Crippen LogP contribution in [0, 0.1) is 6.92 Å². The minimum Gasteiger partial charge on any atom is -0.497 e. The highest BCUT2D eigenvalue weighted by molar-refractivity contribution is 5.69. The second-order valence-corrected chi connectivity index (χ2v) is 3.86. The molecule has 0 saturated carbocycles. The molecule has 0 radical (unpaired) electrons. The fraction of sp³-hybridized carbons (Fsp3) is 0.308. The number of nitrogens with zero attached hydrogens (tertiary/aromatic N) is 2. The van der Waals surface area contributed by atoms with Gasteiger partial charge in [0.2, 0.25) is 0 Å². The number of hydrogen-bond donors (Lipinski definition) is 0. The Kier molecular flexibility index (Phi) is 3.04. The number of benzene rings is 1. The maximum absolute atomic E-state index is 5.39. The van der Waals surface area contributed by atoms with E-state index < -0.39 is 0 Å². The molecule has 0 aliphatic heterocycles. The number of hydrogen-bond acceptors (Lipinski definition) is 3. The van der Waals surface area contributed by atoms with E-state index in [0.717, 1.165) is 28.5 Å². The minimum absolute atomic E-state index is 0.782. The highest BCUT2D eigenvalue weighted by atomic mass is 16.5. The standard InChI is InChI=1S/C13H16N2O2/c1-9-7-12(15(2)14-9)11-6-5-10(16-3)8-13(11)17-4/h5-8H,1-4H3. The van der Waals surface area contributed by atoms with E-state index in [2.05, 4.69) is 5.10 Å². The van der Waals surface area contributed by atoms with Crippen LogP contribution in [-0.4, -0.2) is 24.0 Å². The molecule has 4 nitrogen and oxygen atoms in total. The summed E-state index contributed by atoms with van der Waals surface area (Å²) in [5.74, 6) is 1.57. The smallest absolute Gasteiger partial charge is 0.131 e. The van der Waals surface area contributed by atoms with Gasteiger partial charge < -0.3 is 9.47 Å². The van der Waals surface area contributed by atoms with Gasteiger partial charge in [-0.25, -0.2) is 0 Å². The Morgan fingerprint density at radius 1 is 1.12 bits per heavy atom. The summed E-state index contributed by atoms with van der Waals surface area (Å²) in [6.07, 6.45) is 0. The molecule has 1 aromatic carbocycles. The predicted octanol–water partition coefficient (Wildman–Crippen LogP) is 2.41. The van der Waals surface area contributed by atoms with Crippen LogP contribution in [0.4, 0.5) is 0 Å². The zero-order valence-electron chi connectivity index (χ0n) is 10.5. The zero-order valence-corrected chi connectivity index (χ0v) is 10.5. The van der Waals surface area contributed by atoms with Gasteiger partial charge in [0.25, 0.3) is 0 Å². The fourth-order valence-electron chi connectivity index (χ4n) is 1.87. The molecule has 1 aromatic heterocycles. The number of rotatable bonds is 3. The van der Waals surface area contributed by atoms with Crippen molar-refractivity contribution in [2.75, 3.05) is 14.2 Å². The van der Waals surface area contributed by atoms with Gasteiger partial charge in [0, 0.05) is 18.7 Å². The Morgan fingerprint density at radius 2 is 1.88 bits per heavy atom. The summed E-state index contributed by atoms with van der Waals surface area (Å²) in [6.45, 7) is 1.97. The first-order valence-electron chi connectivity index (χ1n) is 5.38. The highest BCUT2D eigenvalue weighted by Crippen LogP contribution is 2.33. The van der Waals surface area contributed by atoms with E-state index in [-0.39, 0.29) is 0 Å². The van der Waals surface area contributed by atoms with Gasteiger partial charge in [-0.3, -0.25) is 4.68 Å². The summed E-state index contributed by atoms with van der Waals surface area (Å²) >= 11 is 0. The Bertz CT molecular complexity index is 532. The minimum atomic E-state index is 0.782. The molecule has 0 aliphatic carbocycles. The lowest BCUT2D eigenvalue weighted by atomic mass is 10.1. The number of aryl methyl sites for hydroxylation is 2. The van der Waals surface area contributed by atoms with Crippen LogP contribution >= 0.6 is 0 Å². The van der Waals surface area contributed by atoms with E-state index in [1.807, 2.05) is 42.9 Å². The molecular formula is C13H16N2O2. The normalized spacial score (nSPS) is 10.4. The monoisotopic (exact) mass is 232 g/mol. The lowest BCUT2D eigenvalue weighted by Crippen LogP contribution is -1.96. The lowest BCUT2D eigenvalue weighted by Gasteiger charge is -2.10. The maximum Gasteiger partial charge on any atom is 0.131 e. The van der Waals surface area contributed by atoms with Crippen LogP contribution in [0.2, 0.25) is 0 Å². The Labute approximate surface area is 101 Å². The molecule has 1 heterocycles. The summed E-state index contributed by atoms with van der Waals surface area (Å²) < 4.78 is 12.4. The molecule has 90 valence electrons. The highest BCUT2D eigenvalue weighted by Gasteiger charge is 2.11. The molecule has 0 unspecified atom stereocenters. The van der Waals surface area contributed by atoms with Gasteiger partial charge in [0.05, 0.1) is 25.6 Å². The van der Waals surface area contributed by atoms with Crippen molar-refractivity contribution in [2.45, 2.75) is 6.92 Å². The first kappa shape index (κ1) is 11.5. The quantitative estimate of drug-likeness (QED) is 0.815. The van der Waals surface area contributed by atoms with Gasteiger partial charge in [-0.15, -0.1) is 0 Å². The summed E-state index contributed by atoms with van der Waals surface area (Å²) in [4.78, 5) is 0. The van der Waals surface area contributed by atoms with Crippen LogP contribution < -0.4 is 9.47 Å². The van der Waals surface area contributed by atoms with Crippen molar-refractivity contribution in [1.82, 2.24) is 9.78 Å². The molecule has 0 bridgehead atoms. The molecule has 0 aliphatic rings. The molecule has 4 heteroatoms. The molecule has 2 aromatic rings. The van der Waals surface area contributed by atoms with Crippen molar-refractivity contribution in [3.8, 4) is 22.8 Å². The fourth-order valence-corrected chi connectivity index (χ4v) is 1.87. The van der Waals surface area contributed by atoms with E-state index in [1.54, 1.807) is 14.2 Å². The molecule has 0 amide bonds. The molecular weight excluding hydrogens is 216 g/mol. The average Bonchev–Trinajstić information content (AvgIpc) is 2.67. The van der Waals surface area contributed by atoms with E-state index in [1.165, 1.54) is 0 Å². The Hall–Kier alpha value is -1.97. The van der Waals surface area contributed by atoms with Gasteiger partial charge in [-0.05, 0) is 25.1 Å².